The molecule has 0 aliphatic rings. The molecule has 3 aromatic carbocycles. The van der Waals surface area contributed by atoms with Crippen LogP contribution in [0.25, 0.3) is 10.8 Å². The Morgan fingerprint density at radius 1 is 0.821 bits per heavy atom. The molecule has 0 unspecified atom stereocenters. The Labute approximate surface area is 227 Å². The first-order chi connectivity index (χ1) is 18.8. The predicted octanol–water partition coefficient (Wildman–Crippen LogP) is 8.16. The van der Waals surface area contributed by atoms with E-state index in [9.17, 15) is 27.5 Å². The monoisotopic (exact) mass is 547 g/mol. The summed E-state index contributed by atoms with van der Waals surface area (Å²) in [5.41, 5.74) is 2.19. The zero-order valence-electron chi connectivity index (χ0n) is 22.6. The SMILES string of the molecule is CCCCCc1ccc(OCCCCNC(=O)c2ccc3c(F)c(F)c(F)c(F)c3c2O)c(CCCCC)c1. The van der Waals surface area contributed by atoms with Crippen LogP contribution in [0.2, 0.25) is 0 Å². The van der Waals surface area contributed by atoms with Crippen LogP contribution in [0.5, 0.6) is 11.5 Å². The first-order valence-corrected chi connectivity index (χ1v) is 13.8. The number of hydrogen-bond donors (Lipinski definition) is 2. The maximum Gasteiger partial charge on any atom is 0.255 e. The van der Waals surface area contributed by atoms with Crippen molar-refractivity contribution in [2.45, 2.75) is 78.1 Å². The number of unbranched alkanes of at least 4 members (excludes halogenated alkanes) is 5. The van der Waals surface area contributed by atoms with Crippen molar-refractivity contribution < 1.29 is 32.2 Å². The third-order valence-corrected chi connectivity index (χ3v) is 6.81. The van der Waals surface area contributed by atoms with E-state index in [1.54, 1.807) is 0 Å². The minimum Gasteiger partial charge on any atom is -0.506 e. The van der Waals surface area contributed by atoms with Crippen LogP contribution in [0.3, 0.4) is 0 Å². The Bertz CT molecular complexity index is 1280. The van der Waals surface area contributed by atoms with Gasteiger partial charge in [-0.1, -0.05) is 57.7 Å². The van der Waals surface area contributed by atoms with Gasteiger partial charge in [-0.15, -0.1) is 0 Å². The number of aromatic hydroxyl groups is 1. The molecule has 0 aliphatic carbocycles. The fourth-order valence-corrected chi connectivity index (χ4v) is 4.58. The molecule has 0 fully saturated rings. The Morgan fingerprint density at radius 2 is 1.51 bits per heavy atom. The van der Waals surface area contributed by atoms with Gasteiger partial charge in [-0.2, -0.15) is 0 Å². The molecule has 39 heavy (non-hydrogen) atoms. The Kier molecular flexibility index (Phi) is 11.4. The molecule has 0 radical (unpaired) electrons. The number of phenolic OH excluding ortho intramolecular Hbond substituents is 1. The fraction of sp³-hybridized carbons (Fsp3) is 0.452. The molecule has 8 heteroatoms. The molecule has 0 spiro atoms. The third-order valence-electron chi connectivity index (χ3n) is 6.81. The van der Waals surface area contributed by atoms with E-state index in [4.69, 9.17) is 4.74 Å². The first kappa shape index (κ1) is 30.3. The predicted molar refractivity (Wildman–Crippen MR) is 145 cm³/mol. The number of nitrogens with one attached hydrogen (secondary N) is 1. The molecule has 3 rings (SSSR count). The highest BCUT2D eigenvalue weighted by atomic mass is 19.2. The van der Waals surface area contributed by atoms with E-state index in [1.165, 1.54) is 36.8 Å². The molecule has 3 aromatic rings. The average Bonchev–Trinajstić information content (AvgIpc) is 2.93. The van der Waals surface area contributed by atoms with Gasteiger partial charge in [0.15, 0.2) is 23.3 Å². The van der Waals surface area contributed by atoms with Gasteiger partial charge in [0.05, 0.1) is 17.6 Å². The molecule has 212 valence electrons. The van der Waals surface area contributed by atoms with E-state index in [2.05, 4.69) is 31.3 Å². The largest absolute Gasteiger partial charge is 0.506 e. The van der Waals surface area contributed by atoms with Gasteiger partial charge in [-0.05, 0) is 61.8 Å². The van der Waals surface area contributed by atoms with Gasteiger partial charge in [0.2, 0.25) is 0 Å². The summed E-state index contributed by atoms with van der Waals surface area (Å²) >= 11 is 0. The Balaban J connectivity index is 1.53. The summed E-state index contributed by atoms with van der Waals surface area (Å²) in [6, 6.07) is 8.41. The molecule has 0 saturated carbocycles. The maximum absolute atomic E-state index is 14.2. The van der Waals surface area contributed by atoms with Crippen molar-refractivity contribution in [3.8, 4) is 11.5 Å². The normalized spacial score (nSPS) is 11.2. The van der Waals surface area contributed by atoms with E-state index < -0.39 is 45.7 Å². The van der Waals surface area contributed by atoms with Crippen LogP contribution in [-0.2, 0) is 12.8 Å². The van der Waals surface area contributed by atoms with Gasteiger partial charge in [-0.3, -0.25) is 4.79 Å². The topological polar surface area (TPSA) is 58.6 Å². The van der Waals surface area contributed by atoms with Crippen LogP contribution in [0.1, 0.15) is 86.7 Å². The molecule has 4 nitrogen and oxygen atoms in total. The molecule has 0 heterocycles. The number of carbonyl (C=O) groups excluding carboxylic acids is 1. The van der Waals surface area contributed by atoms with Gasteiger partial charge >= 0.3 is 0 Å². The van der Waals surface area contributed by atoms with Gasteiger partial charge in [0.1, 0.15) is 11.5 Å². The van der Waals surface area contributed by atoms with Gasteiger partial charge in [0, 0.05) is 11.9 Å². The Morgan fingerprint density at radius 3 is 2.23 bits per heavy atom. The number of halogens is 4. The second kappa shape index (κ2) is 14.8. The van der Waals surface area contributed by atoms with E-state index in [1.807, 2.05) is 6.07 Å². The maximum atomic E-state index is 14.2. The lowest BCUT2D eigenvalue weighted by atomic mass is 10.00. The average molecular weight is 548 g/mol. The molecule has 0 aliphatic heterocycles. The second-order valence-electron chi connectivity index (χ2n) is 9.81. The molecule has 0 bridgehead atoms. The molecule has 2 N–H and O–H groups in total. The summed E-state index contributed by atoms with van der Waals surface area (Å²) in [4.78, 5) is 12.5. The summed E-state index contributed by atoms with van der Waals surface area (Å²) in [5, 5.41) is 11.4. The number of amides is 1. The molecule has 0 saturated heterocycles. The zero-order chi connectivity index (χ0) is 28.4. The van der Waals surface area contributed by atoms with Crippen LogP contribution >= 0.6 is 0 Å². The van der Waals surface area contributed by atoms with Gasteiger partial charge < -0.3 is 15.2 Å². The highest BCUT2D eigenvalue weighted by molar-refractivity contribution is 6.03. The number of ether oxygens (including phenoxy) is 1. The standard InChI is InChI=1S/C31H37F4NO3/c1-3-5-7-11-20-13-16-24(21(19-20)12-8-6-4-2)39-18-10-9-17-36-31(38)23-15-14-22-25(30(23)37)27(33)29(35)28(34)26(22)32/h13-16,19,37H,3-12,17-18H2,1-2H3,(H,36,38). The molecule has 0 atom stereocenters. The highest BCUT2D eigenvalue weighted by Gasteiger charge is 2.25. The number of aryl methyl sites for hydroxylation is 2. The van der Waals surface area contributed by atoms with Crippen LogP contribution in [0.15, 0.2) is 30.3 Å². The lowest BCUT2D eigenvalue weighted by Crippen LogP contribution is -2.25. The smallest absolute Gasteiger partial charge is 0.255 e. The second-order valence-corrected chi connectivity index (χ2v) is 9.81. The molecular formula is C31H37F4NO3. The Hall–Kier alpha value is -3.29. The highest BCUT2D eigenvalue weighted by Crippen LogP contribution is 2.35. The lowest BCUT2D eigenvalue weighted by Gasteiger charge is -2.14. The number of hydrogen-bond acceptors (Lipinski definition) is 3. The van der Waals surface area contributed by atoms with E-state index >= 15 is 0 Å². The minimum atomic E-state index is -2.05. The molecule has 1 amide bonds. The molecular weight excluding hydrogens is 510 g/mol. The van der Waals surface area contributed by atoms with Crippen molar-refractivity contribution in [3.05, 3.63) is 70.3 Å². The summed E-state index contributed by atoms with van der Waals surface area (Å²) in [7, 11) is 0. The fourth-order valence-electron chi connectivity index (χ4n) is 4.58. The van der Waals surface area contributed by atoms with Crippen LogP contribution in [0, 0.1) is 23.3 Å². The van der Waals surface area contributed by atoms with Crippen molar-refractivity contribution in [3.63, 3.8) is 0 Å². The third kappa shape index (κ3) is 7.64. The summed E-state index contributed by atoms with van der Waals surface area (Å²) in [5.74, 6) is -8.22. The van der Waals surface area contributed by atoms with Crippen molar-refractivity contribution in [1.82, 2.24) is 5.32 Å². The van der Waals surface area contributed by atoms with Crippen LogP contribution in [-0.4, -0.2) is 24.2 Å². The van der Waals surface area contributed by atoms with Crippen LogP contribution < -0.4 is 10.1 Å². The van der Waals surface area contributed by atoms with Gasteiger partial charge in [0.25, 0.3) is 5.91 Å². The summed E-state index contributed by atoms with van der Waals surface area (Å²) in [6.07, 6.45) is 10.3. The van der Waals surface area contributed by atoms with Crippen molar-refractivity contribution >= 4 is 16.7 Å². The number of phenols is 1. The van der Waals surface area contributed by atoms with Crippen molar-refractivity contribution in [1.29, 1.82) is 0 Å². The number of fused-ring (bicyclic) bond motifs is 1. The number of rotatable bonds is 15. The van der Waals surface area contributed by atoms with E-state index in [0.717, 1.165) is 43.6 Å². The van der Waals surface area contributed by atoms with E-state index in [-0.39, 0.29) is 12.1 Å². The van der Waals surface area contributed by atoms with E-state index in [0.29, 0.717) is 19.4 Å². The summed E-state index contributed by atoms with van der Waals surface area (Å²) in [6.45, 7) is 5.08. The number of carbonyl (C=O) groups is 1. The van der Waals surface area contributed by atoms with Crippen LogP contribution in [0.4, 0.5) is 17.6 Å². The quantitative estimate of drug-likeness (QED) is 0.0874. The van der Waals surface area contributed by atoms with Crippen molar-refractivity contribution in [2.75, 3.05) is 13.2 Å². The summed E-state index contributed by atoms with van der Waals surface area (Å²) < 4.78 is 61.4. The first-order valence-electron chi connectivity index (χ1n) is 13.8. The van der Waals surface area contributed by atoms with Gasteiger partial charge in [-0.25, -0.2) is 17.6 Å². The number of benzene rings is 3. The van der Waals surface area contributed by atoms with Crippen molar-refractivity contribution in [2.24, 2.45) is 0 Å². The molecule has 0 aromatic heterocycles. The minimum absolute atomic E-state index is 0.244. The zero-order valence-corrected chi connectivity index (χ0v) is 22.6. The lowest BCUT2D eigenvalue weighted by molar-refractivity contribution is 0.0950.